The number of rotatable bonds is 1. The van der Waals surface area contributed by atoms with Gasteiger partial charge in [-0.3, -0.25) is 4.90 Å². The molecule has 0 radical (unpaired) electrons. The van der Waals surface area contributed by atoms with Crippen molar-refractivity contribution in [2.24, 2.45) is 11.1 Å². The molecule has 3 atom stereocenters. The van der Waals surface area contributed by atoms with E-state index in [4.69, 9.17) is 5.73 Å². The average Bonchev–Trinajstić information content (AvgIpc) is 3.00. The average molecular weight is 287 g/mol. The lowest BCUT2D eigenvalue weighted by molar-refractivity contribution is 0.170. The van der Waals surface area contributed by atoms with Gasteiger partial charge in [0, 0.05) is 30.5 Å². The van der Waals surface area contributed by atoms with E-state index in [-0.39, 0.29) is 6.04 Å². The van der Waals surface area contributed by atoms with Crippen molar-refractivity contribution in [2.45, 2.75) is 70.5 Å². The van der Waals surface area contributed by atoms with E-state index in [9.17, 15) is 0 Å². The molecule has 3 heteroatoms. The van der Waals surface area contributed by atoms with Gasteiger partial charge >= 0.3 is 0 Å². The Kier molecular flexibility index (Phi) is 3.20. The minimum Gasteiger partial charge on any atom is -0.346 e. The topological polar surface area (TPSA) is 34.2 Å². The monoisotopic (exact) mass is 287 g/mol. The van der Waals surface area contributed by atoms with Crippen LogP contribution in [0.1, 0.15) is 69.3 Å². The van der Waals surface area contributed by atoms with Gasteiger partial charge in [0.05, 0.1) is 6.04 Å². The molecule has 3 unspecified atom stereocenters. The predicted octanol–water partition coefficient (Wildman–Crippen LogP) is 3.26. The maximum absolute atomic E-state index is 6.44. The van der Waals surface area contributed by atoms with Crippen LogP contribution in [0.2, 0.25) is 0 Å². The van der Waals surface area contributed by atoms with E-state index in [0.717, 1.165) is 12.5 Å². The smallest absolute Gasteiger partial charge is 0.0501 e. The maximum atomic E-state index is 6.44. The molecular formula is C18H29N3. The zero-order valence-corrected chi connectivity index (χ0v) is 13.5. The maximum Gasteiger partial charge on any atom is 0.0501 e. The fourth-order valence-electron chi connectivity index (χ4n) is 5.11. The van der Waals surface area contributed by atoms with Crippen LogP contribution in [-0.2, 0) is 6.42 Å². The van der Waals surface area contributed by atoms with Gasteiger partial charge in [0.2, 0.25) is 0 Å². The van der Waals surface area contributed by atoms with E-state index in [1.807, 2.05) is 0 Å². The zero-order valence-electron chi connectivity index (χ0n) is 13.5. The molecule has 0 saturated carbocycles. The summed E-state index contributed by atoms with van der Waals surface area (Å²) in [6, 6.07) is 4.00. The third kappa shape index (κ3) is 2.25. The third-order valence-corrected chi connectivity index (χ3v) is 6.06. The first-order valence-electron chi connectivity index (χ1n) is 8.74. The molecule has 2 saturated heterocycles. The van der Waals surface area contributed by atoms with Crippen molar-refractivity contribution in [3.63, 3.8) is 0 Å². The van der Waals surface area contributed by atoms with Gasteiger partial charge < -0.3 is 10.3 Å². The number of fused-ring (bicyclic) bond motifs is 2. The Morgan fingerprint density at radius 1 is 1.14 bits per heavy atom. The highest BCUT2D eigenvalue weighted by atomic mass is 15.2. The summed E-state index contributed by atoms with van der Waals surface area (Å²) in [4.78, 5) is 2.73. The van der Waals surface area contributed by atoms with Crippen LogP contribution in [0.25, 0.3) is 0 Å². The number of hydrogen-bond donors (Lipinski definition) is 1. The summed E-state index contributed by atoms with van der Waals surface area (Å²) < 4.78 is 2.62. The number of piperidine rings is 1. The Bertz CT molecular complexity index is 531. The molecule has 3 nitrogen and oxygen atoms in total. The second kappa shape index (κ2) is 4.85. The van der Waals surface area contributed by atoms with Crippen LogP contribution in [0.4, 0.5) is 0 Å². The molecular weight excluding hydrogens is 258 g/mol. The minimum absolute atomic E-state index is 0.230. The summed E-state index contributed by atoms with van der Waals surface area (Å²) in [5.41, 5.74) is 9.74. The van der Waals surface area contributed by atoms with Gasteiger partial charge in [-0.15, -0.1) is 0 Å². The molecule has 116 valence electrons. The summed E-state index contributed by atoms with van der Waals surface area (Å²) in [5, 5.41) is 0. The molecule has 0 bridgehead atoms. The first-order valence-corrected chi connectivity index (χ1v) is 8.74. The quantitative estimate of drug-likeness (QED) is 0.860. The van der Waals surface area contributed by atoms with Gasteiger partial charge in [0.25, 0.3) is 0 Å². The van der Waals surface area contributed by atoms with Gasteiger partial charge in [0.15, 0.2) is 0 Å². The zero-order chi connectivity index (χ0) is 14.6. The summed E-state index contributed by atoms with van der Waals surface area (Å²) in [5.74, 6) is 0. The second-order valence-electron chi connectivity index (χ2n) is 8.23. The Balaban J connectivity index is 1.68. The van der Waals surface area contributed by atoms with E-state index < -0.39 is 0 Å². The predicted molar refractivity (Wildman–Crippen MR) is 86.3 cm³/mol. The van der Waals surface area contributed by atoms with Crippen molar-refractivity contribution < 1.29 is 0 Å². The van der Waals surface area contributed by atoms with Crippen LogP contribution in [0.3, 0.4) is 0 Å². The third-order valence-electron chi connectivity index (χ3n) is 6.06. The van der Waals surface area contributed by atoms with Crippen molar-refractivity contribution in [1.29, 1.82) is 0 Å². The van der Waals surface area contributed by atoms with Crippen LogP contribution >= 0.6 is 0 Å². The number of aromatic nitrogens is 1. The summed E-state index contributed by atoms with van der Waals surface area (Å²) in [7, 11) is 0. The Hall–Kier alpha value is -0.800. The molecule has 0 spiro atoms. The number of nitrogens with zero attached hydrogens (tertiary/aromatic N) is 2. The van der Waals surface area contributed by atoms with Crippen molar-refractivity contribution in [3.8, 4) is 0 Å². The molecule has 3 aliphatic rings. The Morgan fingerprint density at radius 3 is 2.86 bits per heavy atom. The van der Waals surface area contributed by atoms with Gasteiger partial charge in [-0.1, -0.05) is 20.3 Å². The highest BCUT2D eigenvalue weighted by Gasteiger charge is 2.39. The van der Waals surface area contributed by atoms with Crippen molar-refractivity contribution in [3.05, 3.63) is 23.5 Å². The van der Waals surface area contributed by atoms with Crippen molar-refractivity contribution in [1.82, 2.24) is 9.47 Å². The van der Waals surface area contributed by atoms with Gasteiger partial charge in [0.1, 0.15) is 0 Å². The molecule has 1 aliphatic carbocycles. The van der Waals surface area contributed by atoms with Gasteiger partial charge in [-0.25, -0.2) is 0 Å². The normalized spacial score (nSPS) is 35.5. The lowest BCUT2D eigenvalue weighted by Crippen LogP contribution is -2.38. The van der Waals surface area contributed by atoms with Gasteiger partial charge in [-0.2, -0.15) is 0 Å². The fourth-order valence-corrected chi connectivity index (χ4v) is 5.11. The second-order valence-corrected chi connectivity index (χ2v) is 8.23. The number of hydrogen-bond acceptors (Lipinski definition) is 2. The molecule has 21 heavy (non-hydrogen) atoms. The van der Waals surface area contributed by atoms with Crippen molar-refractivity contribution in [2.75, 3.05) is 13.1 Å². The van der Waals surface area contributed by atoms with E-state index >= 15 is 0 Å². The van der Waals surface area contributed by atoms with Crippen LogP contribution < -0.4 is 5.73 Å². The summed E-state index contributed by atoms with van der Waals surface area (Å²) in [6.45, 7) is 7.34. The molecule has 3 heterocycles. The minimum atomic E-state index is 0.230. The first-order chi connectivity index (χ1) is 10.1. The molecule has 2 aliphatic heterocycles. The summed E-state index contributed by atoms with van der Waals surface area (Å²) >= 11 is 0. The molecule has 2 fully saturated rings. The lowest BCUT2D eigenvalue weighted by atomic mass is 9.74. The number of nitrogens with two attached hydrogens (primary N) is 1. The molecule has 2 N–H and O–H groups in total. The highest BCUT2D eigenvalue weighted by molar-refractivity contribution is 5.31. The SMILES string of the molecule is CC1(C)Cc2c(ccn2C2CCN3CCCCC23)C(N)C1. The Labute approximate surface area is 128 Å². The van der Waals surface area contributed by atoms with E-state index in [2.05, 4.69) is 35.6 Å². The van der Waals surface area contributed by atoms with Crippen LogP contribution in [-0.4, -0.2) is 28.6 Å². The van der Waals surface area contributed by atoms with E-state index in [1.54, 1.807) is 0 Å². The largest absolute Gasteiger partial charge is 0.346 e. The molecule has 1 aromatic rings. The molecule has 1 aromatic heterocycles. The van der Waals surface area contributed by atoms with E-state index in [0.29, 0.717) is 11.5 Å². The lowest BCUT2D eigenvalue weighted by Gasteiger charge is -2.37. The van der Waals surface area contributed by atoms with Gasteiger partial charge in [-0.05, 0) is 55.7 Å². The van der Waals surface area contributed by atoms with Crippen LogP contribution in [0, 0.1) is 5.41 Å². The van der Waals surface area contributed by atoms with Crippen LogP contribution in [0.5, 0.6) is 0 Å². The van der Waals surface area contributed by atoms with Crippen molar-refractivity contribution >= 4 is 0 Å². The summed E-state index contributed by atoms with van der Waals surface area (Å²) in [6.07, 6.45) is 10.1. The molecule has 0 amide bonds. The molecule has 0 aromatic carbocycles. The first kappa shape index (κ1) is 13.8. The molecule has 4 rings (SSSR count). The standard InChI is InChI=1S/C18H29N3/c1-18(2)11-14(19)13-6-10-21(17(13)12-18)16-7-9-20-8-4-3-5-15(16)20/h6,10,14-16H,3-5,7-9,11-12,19H2,1-2H3. The fraction of sp³-hybridized carbons (Fsp3) is 0.778. The Morgan fingerprint density at radius 2 is 2.00 bits per heavy atom. The van der Waals surface area contributed by atoms with Crippen LogP contribution in [0.15, 0.2) is 12.3 Å². The van der Waals surface area contributed by atoms with E-state index in [1.165, 1.54) is 56.5 Å². The highest BCUT2D eigenvalue weighted by Crippen LogP contribution is 2.43.